The molecule has 1 aromatic rings. The zero-order chi connectivity index (χ0) is 22.1. The molecule has 2 unspecified atom stereocenters. The molecule has 1 heterocycles. The lowest BCUT2D eigenvalue weighted by molar-refractivity contribution is -0.146. The first kappa shape index (κ1) is 22.3. The van der Waals surface area contributed by atoms with Gasteiger partial charge in [0.15, 0.2) is 5.78 Å². The second-order valence-electron chi connectivity index (χ2n) is 9.03. The van der Waals surface area contributed by atoms with Crippen LogP contribution in [-0.2, 0) is 14.3 Å². The van der Waals surface area contributed by atoms with E-state index in [1.807, 2.05) is 6.92 Å². The quantitative estimate of drug-likeness (QED) is 0.625. The number of ether oxygens (including phenoxy) is 1. The van der Waals surface area contributed by atoms with Crippen molar-refractivity contribution >= 4 is 23.2 Å². The second-order valence-corrected chi connectivity index (χ2v) is 9.03. The van der Waals surface area contributed by atoms with E-state index < -0.39 is 5.92 Å². The first-order valence-corrected chi connectivity index (χ1v) is 11.0. The largest absolute Gasteiger partial charge is 0.465 e. The number of Topliss-reactive ketones (excluding diaryl/α,β-unsaturated/α-hetero) is 1. The molecule has 0 amide bonds. The molecule has 1 aliphatic carbocycles. The monoisotopic (exact) mass is 410 g/mol. The van der Waals surface area contributed by atoms with E-state index in [0.717, 1.165) is 42.2 Å². The number of anilines is 1. The molecular formula is C25H34N2O3. The highest BCUT2D eigenvalue weighted by molar-refractivity contribution is 6.09. The summed E-state index contributed by atoms with van der Waals surface area (Å²) in [5.74, 6) is -1.11. The average molecular weight is 411 g/mol. The Labute approximate surface area is 180 Å². The third kappa shape index (κ3) is 4.21. The fourth-order valence-corrected chi connectivity index (χ4v) is 4.82. The molecule has 1 aliphatic heterocycles. The summed E-state index contributed by atoms with van der Waals surface area (Å²) < 4.78 is 5.39. The van der Waals surface area contributed by atoms with Gasteiger partial charge in [0.1, 0.15) is 5.92 Å². The zero-order valence-electron chi connectivity index (χ0n) is 19.1. The van der Waals surface area contributed by atoms with Gasteiger partial charge in [0.2, 0.25) is 0 Å². The molecule has 3 rings (SSSR count). The highest BCUT2D eigenvalue weighted by atomic mass is 16.5. The number of esters is 1. The highest BCUT2D eigenvalue weighted by Gasteiger charge is 2.45. The lowest BCUT2D eigenvalue weighted by Gasteiger charge is -2.39. The molecule has 30 heavy (non-hydrogen) atoms. The standard InChI is InChI=1S/C25H34N2O3/c1-7-27(8-2)18-12-10-17(11-13-18)22-21(24(29)30-9-3)16(4)26-19-14-25(5,6)15-20(28)23(19)22/h10-13,21-22H,7-9,14-15H2,1-6H3. The summed E-state index contributed by atoms with van der Waals surface area (Å²) in [5.41, 5.74) is 4.27. The van der Waals surface area contributed by atoms with E-state index in [1.165, 1.54) is 0 Å². The maximum Gasteiger partial charge on any atom is 0.315 e. The van der Waals surface area contributed by atoms with Gasteiger partial charge in [-0.2, -0.15) is 0 Å². The van der Waals surface area contributed by atoms with E-state index in [9.17, 15) is 9.59 Å². The highest BCUT2D eigenvalue weighted by Crippen LogP contribution is 2.48. The van der Waals surface area contributed by atoms with E-state index in [1.54, 1.807) is 6.92 Å². The van der Waals surface area contributed by atoms with Crippen LogP contribution < -0.4 is 4.90 Å². The van der Waals surface area contributed by atoms with E-state index in [2.05, 4.69) is 56.9 Å². The van der Waals surface area contributed by atoms with Gasteiger partial charge in [-0.15, -0.1) is 0 Å². The number of nitrogens with zero attached hydrogens (tertiary/aromatic N) is 2. The summed E-state index contributed by atoms with van der Waals surface area (Å²) in [6.07, 6.45) is 1.22. The van der Waals surface area contributed by atoms with Gasteiger partial charge in [0.05, 0.1) is 6.61 Å². The number of hydrogen-bond acceptors (Lipinski definition) is 5. The van der Waals surface area contributed by atoms with E-state index in [4.69, 9.17) is 9.73 Å². The van der Waals surface area contributed by atoms with Crippen molar-refractivity contribution in [2.24, 2.45) is 16.3 Å². The Morgan fingerprint density at radius 2 is 1.77 bits per heavy atom. The van der Waals surface area contributed by atoms with Gasteiger partial charge in [0.25, 0.3) is 0 Å². The normalized spacial score (nSPS) is 23.0. The number of carbonyl (C=O) groups is 2. The minimum absolute atomic E-state index is 0.101. The Bertz CT molecular complexity index is 876. The van der Waals surface area contributed by atoms with Crippen molar-refractivity contribution in [3.63, 3.8) is 0 Å². The van der Waals surface area contributed by atoms with Crippen LogP contribution in [0.2, 0.25) is 0 Å². The van der Waals surface area contributed by atoms with Gasteiger partial charge < -0.3 is 9.64 Å². The lowest BCUT2D eigenvalue weighted by Crippen LogP contribution is -2.39. The summed E-state index contributed by atoms with van der Waals surface area (Å²) in [6, 6.07) is 8.29. The van der Waals surface area contributed by atoms with Crippen LogP contribution >= 0.6 is 0 Å². The first-order chi connectivity index (χ1) is 14.2. The van der Waals surface area contributed by atoms with Crippen molar-refractivity contribution in [2.75, 3.05) is 24.6 Å². The minimum atomic E-state index is -0.562. The van der Waals surface area contributed by atoms with Crippen molar-refractivity contribution in [1.82, 2.24) is 0 Å². The molecular weight excluding hydrogens is 376 g/mol. The molecule has 0 N–H and O–H groups in total. The molecule has 0 radical (unpaired) electrons. The molecule has 0 saturated carbocycles. The van der Waals surface area contributed by atoms with Crippen molar-refractivity contribution in [3.8, 4) is 0 Å². The van der Waals surface area contributed by atoms with Gasteiger partial charge in [-0.05, 0) is 57.2 Å². The smallest absolute Gasteiger partial charge is 0.315 e. The Hall–Kier alpha value is -2.43. The van der Waals surface area contributed by atoms with Crippen molar-refractivity contribution < 1.29 is 14.3 Å². The Morgan fingerprint density at radius 1 is 1.13 bits per heavy atom. The van der Waals surface area contributed by atoms with Crippen LogP contribution in [0.1, 0.15) is 65.9 Å². The summed E-state index contributed by atoms with van der Waals surface area (Å²) in [7, 11) is 0. The van der Waals surface area contributed by atoms with Crippen LogP contribution in [0, 0.1) is 11.3 Å². The van der Waals surface area contributed by atoms with Gasteiger partial charge in [-0.3, -0.25) is 14.6 Å². The average Bonchev–Trinajstić information content (AvgIpc) is 2.67. The summed E-state index contributed by atoms with van der Waals surface area (Å²) in [4.78, 5) is 33.2. The van der Waals surface area contributed by atoms with Gasteiger partial charge in [-0.25, -0.2) is 0 Å². The van der Waals surface area contributed by atoms with Crippen LogP contribution in [0.4, 0.5) is 5.69 Å². The molecule has 162 valence electrons. The van der Waals surface area contributed by atoms with Crippen molar-refractivity contribution in [3.05, 3.63) is 41.1 Å². The van der Waals surface area contributed by atoms with Crippen LogP contribution in [-0.4, -0.2) is 37.2 Å². The number of aliphatic imine (C=N–C) groups is 1. The van der Waals surface area contributed by atoms with Crippen LogP contribution in [0.5, 0.6) is 0 Å². The summed E-state index contributed by atoms with van der Waals surface area (Å²) in [6.45, 7) is 14.3. The van der Waals surface area contributed by atoms with Crippen molar-refractivity contribution in [2.45, 2.75) is 60.3 Å². The number of ketones is 1. The van der Waals surface area contributed by atoms with E-state index in [0.29, 0.717) is 18.6 Å². The Balaban J connectivity index is 2.10. The van der Waals surface area contributed by atoms with Gasteiger partial charge in [0, 0.05) is 48.1 Å². The molecule has 0 saturated heterocycles. The second kappa shape index (κ2) is 8.75. The molecule has 0 aromatic heterocycles. The SMILES string of the molecule is CCOC(=O)C1C(C)=NC2=C(C(=O)CC(C)(C)C2)C1c1ccc(N(CC)CC)cc1. The van der Waals surface area contributed by atoms with Gasteiger partial charge >= 0.3 is 5.97 Å². The molecule has 5 heteroatoms. The molecule has 5 nitrogen and oxygen atoms in total. The Kier molecular flexibility index (Phi) is 6.49. The van der Waals surface area contributed by atoms with Gasteiger partial charge in [-0.1, -0.05) is 26.0 Å². The number of hydrogen-bond donors (Lipinski definition) is 0. The summed E-state index contributed by atoms with van der Waals surface area (Å²) in [5, 5.41) is 0. The maximum absolute atomic E-state index is 13.2. The fourth-order valence-electron chi connectivity index (χ4n) is 4.82. The van der Waals surface area contributed by atoms with E-state index >= 15 is 0 Å². The van der Waals surface area contributed by atoms with Crippen LogP contribution in [0.3, 0.4) is 0 Å². The lowest BCUT2D eigenvalue weighted by atomic mass is 9.67. The minimum Gasteiger partial charge on any atom is -0.465 e. The van der Waals surface area contributed by atoms with E-state index in [-0.39, 0.29) is 23.1 Å². The molecule has 0 fully saturated rings. The predicted molar refractivity (Wildman–Crippen MR) is 121 cm³/mol. The molecule has 0 spiro atoms. The third-order valence-corrected chi connectivity index (χ3v) is 6.22. The topological polar surface area (TPSA) is 59.0 Å². The molecule has 2 atom stereocenters. The fraction of sp³-hybridized carbons (Fsp3) is 0.560. The first-order valence-electron chi connectivity index (χ1n) is 11.0. The number of carbonyl (C=O) groups excluding carboxylic acids is 2. The Morgan fingerprint density at radius 3 is 2.33 bits per heavy atom. The number of rotatable bonds is 6. The number of allylic oxidation sites excluding steroid dienone is 2. The molecule has 1 aromatic carbocycles. The predicted octanol–water partition coefficient (Wildman–Crippen LogP) is 4.91. The number of benzene rings is 1. The van der Waals surface area contributed by atoms with Crippen LogP contribution in [0.25, 0.3) is 0 Å². The summed E-state index contributed by atoms with van der Waals surface area (Å²) >= 11 is 0. The van der Waals surface area contributed by atoms with Crippen molar-refractivity contribution in [1.29, 1.82) is 0 Å². The maximum atomic E-state index is 13.2. The third-order valence-electron chi connectivity index (χ3n) is 6.22. The molecule has 0 bridgehead atoms. The van der Waals surface area contributed by atoms with Crippen LogP contribution in [0.15, 0.2) is 40.5 Å². The zero-order valence-corrected chi connectivity index (χ0v) is 19.1. The molecule has 2 aliphatic rings.